The zero-order valence-electron chi connectivity index (χ0n) is 12.0. The first-order valence-corrected chi connectivity index (χ1v) is 7.19. The van der Waals surface area contributed by atoms with E-state index >= 15 is 0 Å². The van der Waals surface area contributed by atoms with Gasteiger partial charge in [0.15, 0.2) is 0 Å². The summed E-state index contributed by atoms with van der Waals surface area (Å²) < 4.78 is 1.96. The molecule has 1 atom stereocenters. The molecule has 0 aromatic carbocycles. The SMILES string of the molecule is CCCCCC(CCCC)c1cn(C)nc1C. The van der Waals surface area contributed by atoms with E-state index in [-0.39, 0.29) is 0 Å². The van der Waals surface area contributed by atoms with E-state index in [1.165, 1.54) is 56.2 Å². The molecular weight excluding hydrogens is 208 g/mol. The topological polar surface area (TPSA) is 17.8 Å². The van der Waals surface area contributed by atoms with Crippen LogP contribution in [0.4, 0.5) is 0 Å². The maximum absolute atomic E-state index is 4.48. The lowest BCUT2D eigenvalue weighted by Gasteiger charge is -2.15. The molecule has 0 N–H and O–H groups in total. The van der Waals surface area contributed by atoms with Gasteiger partial charge < -0.3 is 0 Å². The van der Waals surface area contributed by atoms with Gasteiger partial charge in [-0.2, -0.15) is 5.10 Å². The van der Waals surface area contributed by atoms with Gasteiger partial charge in [-0.15, -0.1) is 0 Å². The predicted octanol–water partition coefficient (Wildman–Crippen LogP) is 4.58. The largest absolute Gasteiger partial charge is 0.275 e. The number of hydrogen-bond donors (Lipinski definition) is 0. The Morgan fingerprint density at radius 1 is 1.12 bits per heavy atom. The molecule has 0 aliphatic heterocycles. The van der Waals surface area contributed by atoms with Crippen LogP contribution in [0.25, 0.3) is 0 Å². The normalized spacial score (nSPS) is 12.9. The lowest BCUT2D eigenvalue weighted by Crippen LogP contribution is -2.00. The van der Waals surface area contributed by atoms with Crippen LogP contribution in [0, 0.1) is 6.92 Å². The lowest BCUT2D eigenvalue weighted by atomic mass is 9.89. The van der Waals surface area contributed by atoms with E-state index in [4.69, 9.17) is 0 Å². The third-order valence-electron chi connectivity index (χ3n) is 3.55. The monoisotopic (exact) mass is 236 g/mol. The van der Waals surface area contributed by atoms with Gasteiger partial charge >= 0.3 is 0 Å². The van der Waals surface area contributed by atoms with Crippen LogP contribution < -0.4 is 0 Å². The van der Waals surface area contributed by atoms with E-state index in [0.717, 1.165) is 5.92 Å². The Labute approximate surface area is 106 Å². The Balaban J connectivity index is 2.64. The fourth-order valence-electron chi connectivity index (χ4n) is 2.57. The van der Waals surface area contributed by atoms with Crippen molar-refractivity contribution in [2.75, 3.05) is 0 Å². The van der Waals surface area contributed by atoms with Gasteiger partial charge in [-0.25, -0.2) is 0 Å². The summed E-state index contributed by atoms with van der Waals surface area (Å²) in [5.74, 6) is 0.732. The van der Waals surface area contributed by atoms with Crippen molar-refractivity contribution in [1.82, 2.24) is 9.78 Å². The third-order valence-corrected chi connectivity index (χ3v) is 3.55. The first kappa shape index (κ1) is 14.3. The fraction of sp³-hybridized carbons (Fsp3) is 0.800. The molecule has 0 fully saturated rings. The van der Waals surface area contributed by atoms with Crippen molar-refractivity contribution in [3.63, 3.8) is 0 Å². The molecule has 0 saturated heterocycles. The van der Waals surface area contributed by atoms with Gasteiger partial charge in [0, 0.05) is 13.2 Å². The average Bonchev–Trinajstić information content (AvgIpc) is 2.63. The highest BCUT2D eigenvalue weighted by molar-refractivity contribution is 5.20. The average molecular weight is 236 g/mol. The quantitative estimate of drug-likeness (QED) is 0.604. The molecule has 98 valence electrons. The first-order valence-electron chi connectivity index (χ1n) is 7.19. The van der Waals surface area contributed by atoms with Crippen molar-refractivity contribution >= 4 is 0 Å². The second kappa shape index (κ2) is 7.52. The molecule has 17 heavy (non-hydrogen) atoms. The van der Waals surface area contributed by atoms with Crippen LogP contribution >= 0.6 is 0 Å². The minimum Gasteiger partial charge on any atom is -0.275 e. The molecule has 0 radical (unpaired) electrons. The van der Waals surface area contributed by atoms with E-state index in [9.17, 15) is 0 Å². The van der Waals surface area contributed by atoms with Crippen molar-refractivity contribution in [2.45, 2.75) is 71.6 Å². The standard InChI is InChI=1S/C15H28N2/c1-5-7-9-11-14(10-8-6-2)15-12-17(4)16-13(15)3/h12,14H,5-11H2,1-4H3. The van der Waals surface area contributed by atoms with Gasteiger partial charge in [-0.3, -0.25) is 4.68 Å². The van der Waals surface area contributed by atoms with Gasteiger partial charge in [-0.1, -0.05) is 46.0 Å². The molecule has 0 amide bonds. The Kier molecular flexibility index (Phi) is 6.31. The zero-order chi connectivity index (χ0) is 12.7. The molecule has 2 nitrogen and oxygen atoms in total. The number of rotatable bonds is 8. The Morgan fingerprint density at radius 2 is 1.76 bits per heavy atom. The lowest BCUT2D eigenvalue weighted by molar-refractivity contribution is 0.513. The van der Waals surface area contributed by atoms with E-state index in [1.807, 2.05) is 11.7 Å². The Morgan fingerprint density at radius 3 is 2.29 bits per heavy atom. The highest BCUT2D eigenvalue weighted by Crippen LogP contribution is 2.29. The Hall–Kier alpha value is -0.790. The maximum Gasteiger partial charge on any atom is 0.0628 e. The van der Waals surface area contributed by atoms with Gasteiger partial charge in [0.1, 0.15) is 0 Å². The van der Waals surface area contributed by atoms with Crippen LogP contribution in [0.3, 0.4) is 0 Å². The summed E-state index contributed by atoms with van der Waals surface area (Å²) in [7, 11) is 2.03. The molecule has 0 spiro atoms. The van der Waals surface area contributed by atoms with Crippen molar-refractivity contribution < 1.29 is 0 Å². The number of nitrogens with zero attached hydrogens (tertiary/aromatic N) is 2. The molecule has 1 rings (SSSR count). The third kappa shape index (κ3) is 4.53. The Bertz CT molecular complexity index is 315. The van der Waals surface area contributed by atoms with Crippen LogP contribution in [-0.2, 0) is 7.05 Å². The summed E-state index contributed by atoms with van der Waals surface area (Å²) in [4.78, 5) is 0. The molecule has 0 bridgehead atoms. The van der Waals surface area contributed by atoms with Crippen molar-refractivity contribution in [3.8, 4) is 0 Å². The molecule has 0 aliphatic rings. The number of aromatic nitrogens is 2. The van der Waals surface area contributed by atoms with Crippen LogP contribution in [0.5, 0.6) is 0 Å². The molecule has 0 saturated carbocycles. The summed E-state index contributed by atoms with van der Waals surface area (Å²) in [6.45, 7) is 6.70. The molecule has 1 aromatic rings. The molecular formula is C15H28N2. The van der Waals surface area contributed by atoms with E-state index < -0.39 is 0 Å². The summed E-state index contributed by atoms with van der Waals surface area (Å²) >= 11 is 0. The van der Waals surface area contributed by atoms with Gasteiger partial charge in [0.25, 0.3) is 0 Å². The minimum absolute atomic E-state index is 0.732. The van der Waals surface area contributed by atoms with Crippen LogP contribution in [0.15, 0.2) is 6.20 Å². The van der Waals surface area contributed by atoms with Crippen molar-refractivity contribution in [1.29, 1.82) is 0 Å². The fourth-order valence-corrected chi connectivity index (χ4v) is 2.57. The van der Waals surface area contributed by atoms with E-state index in [2.05, 4.69) is 32.1 Å². The van der Waals surface area contributed by atoms with Crippen LogP contribution in [-0.4, -0.2) is 9.78 Å². The molecule has 1 heterocycles. The summed E-state index contributed by atoms with van der Waals surface area (Å²) in [5.41, 5.74) is 2.71. The van der Waals surface area contributed by atoms with Crippen LogP contribution in [0.2, 0.25) is 0 Å². The van der Waals surface area contributed by atoms with E-state index in [1.54, 1.807) is 0 Å². The minimum atomic E-state index is 0.732. The first-order chi connectivity index (χ1) is 8.19. The van der Waals surface area contributed by atoms with Gasteiger partial charge in [0.2, 0.25) is 0 Å². The molecule has 0 aliphatic carbocycles. The molecule has 1 aromatic heterocycles. The zero-order valence-corrected chi connectivity index (χ0v) is 12.0. The van der Waals surface area contributed by atoms with E-state index in [0.29, 0.717) is 0 Å². The van der Waals surface area contributed by atoms with Gasteiger partial charge in [0.05, 0.1) is 5.69 Å². The summed E-state index contributed by atoms with van der Waals surface area (Å²) in [5, 5.41) is 4.48. The number of aryl methyl sites for hydroxylation is 2. The van der Waals surface area contributed by atoms with Gasteiger partial charge in [-0.05, 0) is 31.2 Å². The number of unbranched alkanes of at least 4 members (excludes halogenated alkanes) is 3. The van der Waals surface area contributed by atoms with Crippen molar-refractivity contribution in [2.24, 2.45) is 7.05 Å². The summed E-state index contributed by atoms with van der Waals surface area (Å²) in [6, 6.07) is 0. The highest BCUT2D eigenvalue weighted by atomic mass is 15.2. The maximum atomic E-state index is 4.48. The molecule has 1 unspecified atom stereocenters. The predicted molar refractivity (Wildman–Crippen MR) is 74.4 cm³/mol. The smallest absolute Gasteiger partial charge is 0.0628 e. The second-order valence-corrected chi connectivity index (χ2v) is 5.18. The van der Waals surface area contributed by atoms with Crippen molar-refractivity contribution in [3.05, 3.63) is 17.5 Å². The molecule has 2 heteroatoms. The second-order valence-electron chi connectivity index (χ2n) is 5.18. The summed E-state index contributed by atoms with van der Waals surface area (Å²) in [6.07, 6.45) is 11.6. The highest BCUT2D eigenvalue weighted by Gasteiger charge is 2.15. The van der Waals surface area contributed by atoms with Crippen LogP contribution in [0.1, 0.15) is 76.0 Å². The number of hydrogen-bond acceptors (Lipinski definition) is 1.